The summed E-state index contributed by atoms with van der Waals surface area (Å²) in [6, 6.07) is 5.70. The van der Waals surface area contributed by atoms with Gasteiger partial charge in [0.25, 0.3) is 0 Å². The molecule has 2 atom stereocenters. The third-order valence-electron chi connectivity index (χ3n) is 3.24. The molecule has 4 nitrogen and oxygen atoms in total. The van der Waals surface area contributed by atoms with Crippen molar-refractivity contribution in [2.75, 3.05) is 13.7 Å². The Bertz CT molecular complexity index is 395. The summed E-state index contributed by atoms with van der Waals surface area (Å²) in [7, 11) is 1.64. The van der Waals surface area contributed by atoms with E-state index in [-0.39, 0.29) is 6.10 Å². The highest BCUT2D eigenvalue weighted by molar-refractivity contribution is 5.40. The van der Waals surface area contributed by atoms with Gasteiger partial charge in [0.2, 0.25) is 0 Å². The predicted molar refractivity (Wildman–Crippen MR) is 69.9 cm³/mol. The molecule has 1 aliphatic rings. The maximum absolute atomic E-state index is 5.82. The fourth-order valence-corrected chi connectivity index (χ4v) is 2.16. The zero-order chi connectivity index (χ0) is 13.0. The normalized spacial score (nSPS) is 23.1. The molecule has 0 aromatic heterocycles. The predicted octanol–water partition coefficient (Wildman–Crippen LogP) is 2.10. The summed E-state index contributed by atoms with van der Waals surface area (Å²) in [5.41, 5.74) is 6.68. The number of nitrogens with two attached hydrogens (primary N) is 1. The van der Waals surface area contributed by atoms with Crippen LogP contribution in [0.4, 0.5) is 0 Å². The molecule has 100 valence electrons. The minimum atomic E-state index is 0.192. The van der Waals surface area contributed by atoms with Gasteiger partial charge in [-0.2, -0.15) is 0 Å². The van der Waals surface area contributed by atoms with Gasteiger partial charge < -0.3 is 19.9 Å². The molecule has 0 saturated carbocycles. The molecular formula is C14H21NO3. The van der Waals surface area contributed by atoms with E-state index in [0.717, 1.165) is 29.9 Å². The number of methoxy groups -OCH3 is 1. The van der Waals surface area contributed by atoms with E-state index in [4.69, 9.17) is 19.9 Å². The van der Waals surface area contributed by atoms with Crippen LogP contribution < -0.4 is 15.2 Å². The fraction of sp³-hybridized carbons (Fsp3) is 0.571. The number of benzene rings is 1. The van der Waals surface area contributed by atoms with Crippen molar-refractivity contribution in [1.29, 1.82) is 0 Å². The van der Waals surface area contributed by atoms with Crippen molar-refractivity contribution in [2.24, 2.45) is 5.73 Å². The highest BCUT2D eigenvalue weighted by atomic mass is 16.5. The summed E-state index contributed by atoms with van der Waals surface area (Å²) in [5, 5.41) is 0. The highest BCUT2D eigenvalue weighted by Gasteiger charge is 2.22. The van der Waals surface area contributed by atoms with E-state index in [9.17, 15) is 0 Å². The monoisotopic (exact) mass is 251 g/mol. The molecule has 1 aromatic carbocycles. The van der Waals surface area contributed by atoms with E-state index in [1.54, 1.807) is 7.11 Å². The largest absolute Gasteiger partial charge is 0.497 e. The van der Waals surface area contributed by atoms with Gasteiger partial charge in [0.05, 0.1) is 19.3 Å². The lowest BCUT2D eigenvalue weighted by molar-refractivity contribution is 0.0262. The average molecular weight is 251 g/mol. The van der Waals surface area contributed by atoms with Crippen LogP contribution >= 0.6 is 0 Å². The molecule has 2 rings (SSSR count). The Morgan fingerprint density at radius 1 is 1.39 bits per heavy atom. The maximum Gasteiger partial charge on any atom is 0.127 e. The zero-order valence-corrected chi connectivity index (χ0v) is 11.0. The summed E-state index contributed by atoms with van der Waals surface area (Å²) in [6.07, 6.45) is 2.70. The van der Waals surface area contributed by atoms with Gasteiger partial charge in [-0.25, -0.2) is 0 Å². The minimum absolute atomic E-state index is 0.192. The van der Waals surface area contributed by atoms with Crippen molar-refractivity contribution >= 4 is 0 Å². The topological polar surface area (TPSA) is 53.7 Å². The Morgan fingerprint density at radius 2 is 2.22 bits per heavy atom. The first-order valence-electron chi connectivity index (χ1n) is 6.38. The molecule has 2 N–H and O–H groups in total. The molecule has 1 aromatic rings. The third kappa shape index (κ3) is 3.15. The van der Waals surface area contributed by atoms with Crippen LogP contribution in [-0.4, -0.2) is 25.9 Å². The molecule has 0 bridgehead atoms. The number of ether oxygens (including phenoxy) is 3. The zero-order valence-electron chi connectivity index (χ0n) is 11.0. The summed E-state index contributed by atoms with van der Waals surface area (Å²) in [6.45, 7) is 3.13. The third-order valence-corrected chi connectivity index (χ3v) is 3.24. The van der Waals surface area contributed by atoms with Gasteiger partial charge in [0, 0.05) is 18.2 Å². The second-order valence-electron chi connectivity index (χ2n) is 4.63. The molecule has 0 radical (unpaired) electrons. The van der Waals surface area contributed by atoms with Crippen molar-refractivity contribution < 1.29 is 14.2 Å². The molecule has 0 amide bonds. The van der Waals surface area contributed by atoms with Crippen LogP contribution in [-0.2, 0) is 11.3 Å². The van der Waals surface area contributed by atoms with E-state index in [2.05, 4.69) is 6.92 Å². The highest BCUT2D eigenvalue weighted by Crippen LogP contribution is 2.26. The number of rotatable bonds is 5. The molecule has 1 fully saturated rings. The summed E-state index contributed by atoms with van der Waals surface area (Å²) >= 11 is 0. The van der Waals surface area contributed by atoms with Gasteiger partial charge in [-0.15, -0.1) is 0 Å². The smallest absolute Gasteiger partial charge is 0.127 e. The first kappa shape index (κ1) is 13.2. The Kier molecular flexibility index (Phi) is 4.44. The molecule has 0 spiro atoms. The van der Waals surface area contributed by atoms with Gasteiger partial charge in [0.15, 0.2) is 0 Å². The summed E-state index contributed by atoms with van der Waals surface area (Å²) < 4.78 is 16.7. The molecular weight excluding hydrogens is 230 g/mol. The molecule has 4 heteroatoms. The van der Waals surface area contributed by atoms with Crippen molar-refractivity contribution in [3.05, 3.63) is 23.8 Å². The summed E-state index contributed by atoms with van der Waals surface area (Å²) in [4.78, 5) is 0. The van der Waals surface area contributed by atoms with E-state index in [1.807, 2.05) is 18.2 Å². The van der Waals surface area contributed by atoms with Crippen LogP contribution in [0.1, 0.15) is 25.3 Å². The first-order valence-corrected chi connectivity index (χ1v) is 6.38. The van der Waals surface area contributed by atoms with Gasteiger partial charge in [-0.1, -0.05) is 6.07 Å². The van der Waals surface area contributed by atoms with Crippen LogP contribution in [0.3, 0.4) is 0 Å². The lowest BCUT2D eigenvalue weighted by Crippen LogP contribution is -2.18. The van der Waals surface area contributed by atoms with Gasteiger partial charge in [0.1, 0.15) is 18.1 Å². The number of hydrogen-bond acceptors (Lipinski definition) is 4. The van der Waals surface area contributed by atoms with Gasteiger partial charge in [-0.05, 0) is 25.8 Å². The van der Waals surface area contributed by atoms with Crippen LogP contribution in [0.25, 0.3) is 0 Å². The number of hydrogen-bond donors (Lipinski definition) is 1. The minimum Gasteiger partial charge on any atom is -0.497 e. The summed E-state index contributed by atoms with van der Waals surface area (Å²) in [5.74, 6) is 1.57. The van der Waals surface area contributed by atoms with Crippen LogP contribution in [0, 0.1) is 0 Å². The van der Waals surface area contributed by atoms with Crippen molar-refractivity contribution in [3.63, 3.8) is 0 Å². The second kappa shape index (κ2) is 6.07. The molecule has 18 heavy (non-hydrogen) atoms. The lowest BCUT2D eigenvalue weighted by atomic mass is 10.2. The Balaban J connectivity index is 1.98. The van der Waals surface area contributed by atoms with Gasteiger partial charge >= 0.3 is 0 Å². The molecule has 0 aliphatic carbocycles. The Hall–Kier alpha value is -1.26. The molecule has 1 saturated heterocycles. The van der Waals surface area contributed by atoms with Crippen molar-refractivity contribution in [2.45, 2.75) is 38.5 Å². The molecule has 1 heterocycles. The maximum atomic E-state index is 5.82. The standard InChI is InChI=1S/C14H21NO3/c1-10-3-5-13(18-10)9-17-14-7-12(16-2)6-4-11(14)8-15/h4,6-7,10,13H,3,5,8-9,15H2,1-2H3. The van der Waals surface area contributed by atoms with Gasteiger partial charge in [-0.3, -0.25) is 0 Å². The quantitative estimate of drug-likeness (QED) is 0.870. The SMILES string of the molecule is COc1ccc(CN)c(OCC2CCC(C)O2)c1. The first-order chi connectivity index (χ1) is 8.72. The Labute approximate surface area is 108 Å². The van der Waals surface area contributed by atoms with Crippen LogP contribution in [0.15, 0.2) is 18.2 Å². The lowest BCUT2D eigenvalue weighted by Gasteiger charge is -2.15. The molecule has 1 aliphatic heterocycles. The molecule has 2 unspecified atom stereocenters. The van der Waals surface area contributed by atoms with Crippen molar-refractivity contribution in [1.82, 2.24) is 0 Å². The average Bonchev–Trinajstić information content (AvgIpc) is 2.81. The van der Waals surface area contributed by atoms with Crippen LogP contribution in [0.2, 0.25) is 0 Å². The van der Waals surface area contributed by atoms with E-state index in [1.165, 1.54) is 0 Å². The second-order valence-corrected chi connectivity index (χ2v) is 4.63. The van der Waals surface area contributed by atoms with E-state index in [0.29, 0.717) is 19.3 Å². The fourth-order valence-electron chi connectivity index (χ4n) is 2.16. The van der Waals surface area contributed by atoms with E-state index < -0.39 is 0 Å². The Morgan fingerprint density at radius 3 is 2.83 bits per heavy atom. The van der Waals surface area contributed by atoms with Crippen molar-refractivity contribution in [3.8, 4) is 11.5 Å². The van der Waals surface area contributed by atoms with E-state index >= 15 is 0 Å². The van der Waals surface area contributed by atoms with Crippen LogP contribution in [0.5, 0.6) is 11.5 Å².